The number of hydrogen-bond acceptors (Lipinski definition) is 6. The molecule has 172 valence electrons. The number of fused-ring (bicyclic) bond motifs is 2. The standard InChI is InChI=1S/C26H20O6S2/c27-33(28,29)24-14-13-23(18-9-3-4-10-19(18)24)32-34(30,31)25-15-22-16-7-1-5-11-20(16)26(25)21-12-6-2-8-17(21)22/h1-14,22,25-26H,15H2,(H,27,28,29)/p-1. The van der Waals surface area contributed by atoms with Gasteiger partial charge in [-0.15, -0.1) is 0 Å². The molecule has 7 rings (SSSR count). The third-order valence-corrected chi connectivity index (χ3v) is 9.46. The second-order valence-electron chi connectivity index (χ2n) is 8.70. The largest absolute Gasteiger partial charge is 0.744 e. The summed E-state index contributed by atoms with van der Waals surface area (Å²) in [6, 6.07) is 24.4. The lowest BCUT2D eigenvalue weighted by Crippen LogP contribution is -2.42. The summed E-state index contributed by atoms with van der Waals surface area (Å²) in [4.78, 5) is -0.410. The zero-order chi connectivity index (χ0) is 23.7. The van der Waals surface area contributed by atoms with Gasteiger partial charge in [0.15, 0.2) is 5.75 Å². The molecule has 0 heterocycles. The van der Waals surface area contributed by atoms with Crippen LogP contribution in [0, 0.1) is 0 Å². The van der Waals surface area contributed by atoms with E-state index in [1.165, 1.54) is 12.1 Å². The first-order chi connectivity index (χ1) is 16.3. The Kier molecular flexibility index (Phi) is 4.64. The normalized spacial score (nSPS) is 21.1. The van der Waals surface area contributed by atoms with E-state index in [0.29, 0.717) is 6.42 Å². The Hall–Kier alpha value is -3.20. The molecule has 34 heavy (non-hydrogen) atoms. The highest BCUT2D eigenvalue weighted by Gasteiger charge is 2.49. The summed E-state index contributed by atoms with van der Waals surface area (Å²) in [5.74, 6) is -0.411. The smallest absolute Gasteiger partial charge is 0.313 e. The molecule has 3 aliphatic carbocycles. The van der Waals surface area contributed by atoms with Gasteiger partial charge in [0.2, 0.25) is 0 Å². The topological polar surface area (TPSA) is 101 Å². The van der Waals surface area contributed by atoms with Crippen LogP contribution < -0.4 is 4.18 Å². The lowest BCUT2D eigenvalue weighted by atomic mass is 9.63. The second kappa shape index (κ2) is 7.40. The van der Waals surface area contributed by atoms with E-state index < -0.39 is 30.4 Å². The molecule has 2 bridgehead atoms. The van der Waals surface area contributed by atoms with E-state index in [-0.39, 0.29) is 28.4 Å². The highest BCUT2D eigenvalue weighted by Crippen LogP contribution is 2.54. The first-order valence-electron chi connectivity index (χ1n) is 10.8. The van der Waals surface area contributed by atoms with Crippen LogP contribution in [-0.4, -0.2) is 26.6 Å². The van der Waals surface area contributed by atoms with E-state index in [9.17, 15) is 21.4 Å². The fourth-order valence-electron chi connectivity index (χ4n) is 5.59. The highest BCUT2D eigenvalue weighted by molar-refractivity contribution is 7.87. The van der Waals surface area contributed by atoms with Crippen LogP contribution >= 0.6 is 0 Å². The van der Waals surface area contributed by atoms with Gasteiger partial charge < -0.3 is 8.74 Å². The molecule has 0 spiro atoms. The third-order valence-electron chi connectivity index (χ3n) is 6.94. The fourth-order valence-corrected chi connectivity index (χ4v) is 7.84. The van der Waals surface area contributed by atoms with Crippen LogP contribution in [0.1, 0.15) is 40.5 Å². The molecule has 4 aromatic rings. The van der Waals surface area contributed by atoms with Crippen LogP contribution in [0.25, 0.3) is 10.8 Å². The molecule has 0 amide bonds. The maximum absolute atomic E-state index is 13.7. The Morgan fingerprint density at radius 3 is 1.79 bits per heavy atom. The van der Waals surface area contributed by atoms with Crippen LogP contribution in [-0.2, 0) is 20.2 Å². The summed E-state index contributed by atoms with van der Waals surface area (Å²) in [6.45, 7) is 0. The quantitative estimate of drug-likeness (QED) is 0.308. The van der Waals surface area contributed by atoms with Crippen molar-refractivity contribution < 1.29 is 25.6 Å². The van der Waals surface area contributed by atoms with Crippen molar-refractivity contribution in [2.24, 2.45) is 0 Å². The second-order valence-corrected chi connectivity index (χ2v) is 11.8. The number of benzene rings is 4. The summed E-state index contributed by atoms with van der Waals surface area (Å²) >= 11 is 0. The Balaban J connectivity index is 1.46. The van der Waals surface area contributed by atoms with Crippen LogP contribution in [0.2, 0.25) is 0 Å². The molecule has 0 aliphatic heterocycles. The molecular formula is C26H19O6S2-. The lowest BCUT2D eigenvalue weighted by molar-refractivity contribution is 0.432. The average Bonchev–Trinajstić information content (AvgIpc) is 2.83. The molecule has 3 aliphatic rings. The maximum atomic E-state index is 13.7. The molecule has 0 saturated heterocycles. The third kappa shape index (κ3) is 3.17. The molecule has 0 saturated carbocycles. The van der Waals surface area contributed by atoms with E-state index in [4.69, 9.17) is 4.18 Å². The van der Waals surface area contributed by atoms with Gasteiger partial charge in [-0.3, -0.25) is 0 Å². The fraction of sp³-hybridized carbons (Fsp3) is 0.154. The van der Waals surface area contributed by atoms with Gasteiger partial charge in [0, 0.05) is 22.6 Å². The molecule has 0 radical (unpaired) electrons. The van der Waals surface area contributed by atoms with Gasteiger partial charge in [0.05, 0.1) is 4.90 Å². The summed E-state index contributed by atoms with van der Waals surface area (Å²) in [6.07, 6.45) is 0.395. The van der Waals surface area contributed by atoms with Gasteiger partial charge in [-0.25, -0.2) is 8.42 Å². The predicted molar refractivity (Wildman–Crippen MR) is 126 cm³/mol. The molecule has 0 N–H and O–H groups in total. The van der Waals surface area contributed by atoms with Crippen LogP contribution in [0.3, 0.4) is 0 Å². The van der Waals surface area contributed by atoms with Gasteiger partial charge in [0.1, 0.15) is 15.4 Å². The van der Waals surface area contributed by atoms with Crippen molar-refractivity contribution in [3.63, 3.8) is 0 Å². The molecule has 8 heteroatoms. The molecule has 1 atom stereocenters. The first-order valence-corrected chi connectivity index (χ1v) is 13.7. The van der Waals surface area contributed by atoms with Gasteiger partial charge in [0.25, 0.3) is 0 Å². The van der Waals surface area contributed by atoms with E-state index in [2.05, 4.69) is 12.1 Å². The van der Waals surface area contributed by atoms with E-state index in [1.54, 1.807) is 18.2 Å². The van der Waals surface area contributed by atoms with Gasteiger partial charge >= 0.3 is 10.1 Å². The zero-order valence-electron chi connectivity index (χ0n) is 17.8. The Labute approximate surface area is 197 Å². The lowest BCUT2D eigenvalue weighted by Gasteiger charge is -2.44. The molecule has 0 fully saturated rings. The molecule has 0 aromatic heterocycles. The predicted octanol–water partition coefficient (Wildman–Crippen LogP) is 4.50. The van der Waals surface area contributed by atoms with Crippen molar-refractivity contribution in [3.8, 4) is 5.75 Å². The molecule has 1 unspecified atom stereocenters. The molecular weight excluding hydrogens is 472 g/mol. The van der Waals surface area contributed by atoms with Crippen molar-refractivity contribution in [1.29, 1.82) is 0 Å². The Morgan fingerprint density at radius 1 is 0.676 bits per heavy atom. The zero-order valence-corrected chi connectivity index (χ0v) is 19.4. The Morgan fingerprint density at radius 2 is 1.21 bits per heavy atom. The van der Waals surface area contributed by atoms with Crippen LogP contribution in [0.15, 0.2) is 89.8 Å². The minimum atomic E-state index is -4.74. The maximum Gasteiger partial charge on any atom is 0.313 e. The number of rotatable bonds is 4. The van der Waals surface area contributed by atoms with Crippen LogP contribution in [0.4, 0.5) is 0 Å². The SMILES string of the molecule is O=S(=O)([O-])c1ccc(OS(=O)(=O)C2CC3c4ccccc4C2c2ccccc23)c2ccccc12. The van der Waals surface area contributed by atoms with Crippen molar-refractivity contribution in [2.75, 3.05) is 0 Å². The summed E-state index contributed by atoms with van der Waals surface area (Å²) < 4.78 is 68.1. The summed E-state index contributed by atoms with van der Waals surface area (Å²) in [5, 5.41) is -0.417. The average molecular weight is 492 g/mol. The van der Waals surface area contributed by atoms with Crippen molar-refractivity contribution in [2.45, 2.75) is 28.4 Å². The molecule has 4 aromatic carbocycles. The minimum absolute atomic E-state index is 0.00557. The van der Waals surface area contributed by atoms with Gasteiger partial charge in [-0.1, -0.05) is 72.8 Å². The Bertz CT molecular complexity index is 1630. The van der Waals surface area contributed by atoms with E-state index >= 15 is 0 Å². The van der Waals surface area contributed by atoms with Crippen molar-refractivity contribution in [1.82, 2.24) is 0 Å². The van der Waals surface area contributed by atoms with Crippen molar-refractivity contribution in [3.05, 3.63) is 107 Å². The van der Waals surface area contributed by atoms with Crippen molar-refractivity contribution >= 4 is 31.0 Å². The summed E-state index contributed by atoms with van der Waals surface area (Å²) in [7, 11) is -8.86. The first kappa shape index (κ1) is 21.3. The van der Waals surface area contributed by atoms with E-state index in [1.807, 2.05) is 36.4 Å². The number of hydrogen-bond donors (Lipinski definition) is 0. The monoisotopic (exact) mass is 491 g/mol. The van der Waals surface area contributed by atoms with Crippen LogP contribution in [0.5, 0.6) is 5.75 Å². The summed E-state index contributed by atoms with van der Waals surface area (Å²) in [5.41, 5.74) is 4.28. The van der Waals surface area contributed by atoms with Gasteiger partial charge in [-0.05, 0) is 40.8 Å². The van der Waals surface area contributed by atoms with Gasteiger partial charge in [-0.2, -0.15) is 8.42 Å². The molecule has 6 nitrogen and oxygen atoms in total. The van der Waals surface area contributed by atoms with E-state index in [0.717, 1.165) is 28.3 Å². The highest BCUT2D eigenvalue weighted by atomic mass is 32.2. The minimum Gasteiger partial charge on any atom is -0.744 e.